The van der Waals surface area contributed by atoms with Crippen molar-refractivity contribution in [2.45, 2.75) is 38.8 Å². The second-order valence-electron chi connectivity index (χ2n) is 7.42. The summed E-state index contributed by atoms with van der Waals surface area (Å²) in [6, 6.07) is 5.73. The zero-order valence-corrected chi connectivity index (χ0v) is 17.6. The van der Waals surface area contributed by atoms with Crippen LogP contribution in [0.15, 0.2) is 30.5 Å². The summed E-state index contributed by atoms with van der Waals surface area (Å²) in [5.74, 6) is -2.91. The standard InChI is InChI=1S/C21H29N5O5/c1-3-12(2)19(22)21(31)24-10-17(27)26-16(20(30)25-11-18(28)29)8-13-9-23-15-7-5-4-6-14(13)15/h4-7,9,12,16,19,23H,3,8,10-11,22H2,1-2H3,(H,24,31)(H,25,30)(H,26,27)(H,28,29). The number of fused-ring (bicyclic) bond motifs is 1. The first kappa shape index (κ1) is 23.9. The van der Waals surface area contributed by atoms with Crippen LogP contribution in [0.3, 0.4) is 0 Å². The number of carbonyl (C=O) groups is 4. The Morgan fingerprint density at radius 1 is 1.10 bits per heavy atom. The summed E-state index contributed by atoms with van der Waals surface area (Å²) in [6.45, 7) is 2.84. The van der Waals surface area contributed by atoms with Crippen LogP contribution in [0.2, 0.25) is 0 Å². The molecule has 0 aliphatic carbocycles. The van der Waals surface area contributed by atoms with Gasteiger partial charge in [0.1, 0.15) is 12.6 Å². The number of aromatic amines is 1. The molecule has 168 valence electrons. The molecule has 3 atom stereocenters. The maximum Gasteiger partial charge on any atom is 0.322 e. The molecule has 0 saturated heterocycles. The average molecular weight is 431 g/mol. The number of nitrogens with one attached hydrogen (secondary N) is 4. The Morgan fingerprint density at radius 3 is 2.45 bits per heavy atom. The van der Waals surface area contributed by atoms with Gasteiger partial charge in [-0.3, -0.25) is 19.2 Å². The maximum atomic E-state index is 12.5. The third-order valence-electron chi connectivity index (χ3n) is 5.15. The lowest BCUT2D eigenvalue weighted by atomic mass is 9.99. The maximum absolute atomic E-state index is 12.5. The summed E-state index contributed by atoms with van der Waals surface area (Å²) in [7, 11) is 0. The van der Waals surface area contributed by atoms with Crippen LogP contribution in [-0.2, 0) is 25.6 Å². The third kappa shape index (κ3) is 6.82. The van der Waals surface area contributed by atoms with Gasteiger partial charge in [0.15, 0.2) is 0 Å². The van der Waals surface area contributed by atoms with E-state index in [1.807, 2.05) is 38.1 Å². The van der Waals surface area contributed by atoms with Crippen molar-refractivity contribution in [2.24, 2.45) is 11.7 Å². The zero-order chi connectivity index (χ0) is 23.0. The van der Waals surface area contributed by atoms with E-state index in [0.717, 1.165) is 22.9 Å². The van der Waals surface area contributed by atoms with Crippen molar-refractivity contribution in [2.75, 3.05) is 13.1 Å². The van der Waals surface area contributed by atoms with Crippen LogP contribution >= 0.6 is 0 Å². The average Bonchev–Trinajstić information content (AvgIpc) is 3.17. The van der Waals surface area contributed by atoms with E-state index in [2.05, 4.69) is 20.9 Å². The van der Waals surface area contributed by atoms with Gasteiger partial charge in [-0.05, 0) is 17.5 Å². The van der Waals surface area contributed by atoms with E-state index in [9.17, 15) is 19.2 Å². The van der Waals surface area contributed by atoms with Gasteiger partial charge in [-0.25, -0.2) is 0 Å². The number of para-hydroxylation sites is 1. The summed E-state index contributed by atoms with van der Waals surface area (Å²) in [6.07, 6.45) is 2.60. The molecule has 0 saturated carbocycles. The molecule has 2 aromatic rings. The zero-order valence-electron chi connectivity index (χ0n) is 17.6. The molecule has 0 bridgehead atoms. The molecule has 0 aliphatic heterocycles. The Bertz CT molecular complexity index is 941. The van der Waals surface area contributed by atoms with Crippen molar-refractivity contribution in [1.82, 2.24) is 20.9 Å². The number of aromatic nitrogens is 1. The van der Waals surface area contributed by atoms with Crippen LogP contribution < -0.4 is 21.7 Å². The summed E-state index contributed by atoms with van der Waals surface area (Å²) in [5.41, 5.74) is 7.51. The molecule has 0 aliphatic rings. The normalized spacial score (nSPS) is 13.8. The lowest BCUT2D eigenvalue weighted by Crippen LogP contribution is -2.52. The summed E-state index contributed by atoms with van der Waals surface area (Å²) in [5, 5.41) is 17.0. The predicted octanol–water partition coefficient (Wildman–Crippen LogP) is -0.114. The number of carboxylic acids is 1. The van der Waals surface area contributed by atoms with E-state index in [1.54, 1.807) is 6.20 Å². The van der Waals surface area contributed by atoms with Gasteiger partial charge >= 0.3 is 5.97 Å². The molecule has 10 heteroatoms. The van der Waals surface area contributed by atoms with E-state index in [0.29, 0.717) is 0 Å². The van der Waals surface area contributed by atoms with Gasteiger partial charge in [0.25, 0.3) is 0 Å². The quantitative estimate of drug-likeness (QED) is 0.290. The minimum atomic E-state index is -1.20. The third-order valence-corrected chi connectivity index (χ3v) is 5.15. The van der Waals surface area contributed by atoms with Crippen LogP contribution in [0, 0.1) is 5.92 Å². The van der Waals surface area contributed by atoms with Crippen molar-refractivity contribution in [3.63, 3.8) is 0 Å². The molecule has 0 radical (unpaired) electrons. The molecule has 3 amide bonds. The van der Waals surface area contributed by atoms with Crippen molar-refractivity contribution in [3.8, 4) is 0 Å². The van der Waals surface area contributed by atoms with E-state index < -0.39 is 42.3 Å². The summed E-state index contributed by atoms with van der Waals surface area (Å²) < 4.78 is 0. The SMILES string of the molecule is CCC(C)C(N)C(=O)NCC(=O)NC(Cc1c[nH]c2ccccc12)C(=O)NCC(=O)O. The van der Waals surface area contributed by atoms with Crippen molar-refractivity contribution in [1.29, 1.82) is 0 Å². The molecule has 31 heavy (non-hydrogen) atoms. The van der Waals surface area contributed by atoms with Crippen molar-refractivity contribution >= 4 is 34.6 Å². The number of rotatable bonds is 11. The van der Waals surface area contributed by atoms with E-state index >= 15 is 0 Å². The minimum absolute atomic E-state index is 0.0421. The highest BCUT2D eigenvalue weighted by Gasteiger charge is 2.24. The summed E-state index contributed by atoms with van der Waals surface area (Å²) >= 11 is 0. The fourth-order valence-corrected chi connectivity index (χ4v) is 3.06. The lowest BCUT2D eigenvalue weighted by molar-refractivity contribution is -0.138. The van der Waals surface area contributed by atoms with Gasteiger partial charge in [0.2, 0.25) is 17.7 Å². The molecule has 1 aromatic carbocycles. The lowest BCUT2D eigenvalue weighted by Gasteiger charge is -2.20. The monoisotopic (exact) mass is 431 g/mol. The van der Waals surface area contributed by atoms with Crippen LogP contribution in [-0.4, -0.2) is 59.0 Å². The van der Waals surface area contributed by atoms with Gasteiger partial charge in [-0.15, -0.1) is 0 Å². The second-order valence-corrected chi connectivity index (χ2v) is 7.42. The minimum Gasteiger partial charge on any atom is -0.480 e. The fourth-order valence-electron chi connectivity index (χ4n) is 3.06. The largest absolute Gasteiger partial charge is 0.480 e. The Kier molecular flexibility index (Phi) is 8.56. The molecule has 10 nitrogen and oxygen atoms in total. The molecular weight excluding hydrogens is 402 g/mol. The summed E-state index contributed by atoms with van der Waals surface area (Å²) in [4.78, 5) is 50.9. The number of carbonyl (C=O) groups excluding carboxylic acids is 3. The van der Waals surface area contributed by atoms with Gasteiger partial charge in [0.05, 0.1) is 12.6 Å². The van der Waals surface area contributed by atoms with Gasteiger partial charge in [-0.2, -0.15) is 0 Å². The topological polar surface area (TPSA) is 166 Å². The van der Waals surface area contributed by atoms with Crippen LogP contribution in [0.4, 0.5) is 0 Å². The first-order valence-electron chi connectivity index (χ1n) is 10.1. The Labute approximate surface area is 179 Å². The molecule has 1 aromatic heterocycles. The number of benzene rings is 1. The number of hydrogen-bond acceptors (Lipinski definition) is 5. The molecule has 7 N–H and O–H groups in total. The first-order chi connectivity index (χ1) is 14.7. The molecule has 0 spiro atoms. The van der Waals surface area contributed by atoms with E-state index in [-0.39, 0.29) is 18.9 Å². The molecule has 3 unspecified atom stereocenters. The second kappa shape index (κ2) is 11.1. The number of carboxylic acid groups (broad SMARTS) is 1. The molecular formula is C21H29N5O5. The van der Waals surface area contributed by atoms with E-state index in [1.165, 1.54) is 0 Å². The van der Waals surface area contributed by atoms with Crippen molar-refractivity contribution in [3.05, 3.63) is 36.0 Å². The number of H-pyrrole nitrogens is 1. The van der Waals surface area contributed by atoms with Gasteiger partial charge in [0, 0.05) is 23.5 Å². The number of hydrogen-bond donors (Lipinski definition) is 6. The number of aliphatic carboxylic acids is 1. The highest BCUT2D eigenvalue weighted by molar-refractivity contribution is 5.93. The number of amides is 3. The van der Waals surface area contributed by atoms with Crippen LogP contribution in [0.1, 0.15) is 25.8 Å². The molecule has 1 heterocycles. The Hall–Kier alpha value is -3.40. The fraction of sp³-hybridized carbons (Fsp3) is 0.429. The number of nitrogens with two attached hydrogens (primary N) is 1. The highest BCUT2D eigenvalue weighted by Crippen LogP contribution is 2.19. The van der Waals surface area contributed by atoms with Crippen molar-refractivity contribution < 1.29 is 24.3 Å². The first-order valence-corrected chi connectivity index (χ1v) is 10.1. The highest BCUT2D eigenvalue weighted by atomic mass is 16.4. The Morgan fingerprint density at radius 2 is 1.77 bits per heavy atom. The van der Waals surface area contributed by atoms with E-state index in [4.69, 9.17) is 10.8 Å². The van der Waals surface area contributed by atoms with Gasteiger partial charge < -0.3 is 31.8 Å². The Balaban J connectivity index is 2.06. The molecule has 0 fully saturated rings. The smallest absolute Gasteiger partial charge is 0.322 e. The predicted molar refractivity (Wildman–Crippen MR) is 115 cm³/mol. The van der Waals surface area contributed by atoms with Crippen LogP contribution in [0.5, 0.6) is 0 Å². The van der Waals surface area contributed by atoms with Crippen LogP contribution in [0.25, 0.3) is 10.9 Å². The van der Waals surface area contributed by atoms with Gasteiger partial charge in [-0.1, -0.05) is 38.5 Å². The molecule has 2 rings (SSSR count).